The van der Waals surface area contributed by atoms with E-state index in [2.05, 4.69) is 9.97 Å². The van der Waals surface area contributed by atoms with Crippen LogP contribution in [0, 0.1) is 13.8 Å². The summed E-state index contributed by atoms with van der Waals surface area (Å²) in [5.41, 5.74) is 0.152. The van der Waals surface area contributed by atoms with Crippen molar-refractivity contribution in [2.24, 2.45) is 0 Å². The number of nitrogens with one attached hydrogen (secondary N) is 1. The summed E-state index contributed by atoms with van der Waals surface area (Å²) in [5.74, 6) is -0.618. The first kappa shape index (κ1) is 14.7. The highest BCUT2D eigenvalue weighted by molar-refractivity contribution is 7.20. The highest BCUT2D eigenvalue weighted by Crippen LogP contribution is 2.27. The second kappa shape index (κ2) is 5.51. The van der Waals surface area contributed by atoms with Gasteiger partial charge in [-0.15, -0.1) is 22.7 Å². The normalized spacial score (nSPS) is 11.5. The molecule has 0 amide bonds. The molecule has 3 aromatic rings. The van der Waals surface area contributed by atoms with Crippen molar-refractivity contribution >= 4 is 51.0 Å². The molecule has 5 nitrogen and oxygen atoms in total. The van der Waals surface area contributed by atoms with Gasteiger partial charge in [-0.25, -0.2) is 9.78 Å². The first-order chi connectivity index (χ1) is 10.5. The number of rotatable bonds is 3. The number of H-pyrrole nitrogens is 1. The summed E-state index contributed by atoms with van der Waals surface area (Å²) in [6.45, 7) is 3.65. The van der Waals surface area contributed by atoms with Gasteiger partial charge in [-0.2, -0.15) is 0 Å². The maximum atomic E-state index is 12.2. The quantitative estimate of drug-likeness (QED) is 0.768. The van der Waals surface area contributed by atoms with Gasteiger partial charge in [-0.05, 0) is 43.7 Å². The van der Waals surface area contributed by atoms with Gasteiger partial charge in [-0.3, -0.25) is 4.79 Å². The van der Waals surface area contributed by atoms with E-state index >= 15 is 0 Å². The maximum Gasteiger partial charge on any atom is 0.346 e. The van der Waals surface area contributed by atoms with E-state index in [-0.39, 0.29) is 10.4 Å². The second-order valence-electron chi connectivity index (χ2n) is 4.77. The largest absolute Gasteiger partial charge is 0.477 e. The number of aryl methyl sites for hydroxylation is 2. The summed E-state index contributed by atoms with van der Waals surface area (Å²) in [7, 11) is 0. The highest BCUT2D eigenvalue weighted by Gasteiger charge is 2.18. The van der Waals surface area contributed by atoms with Gasteiger partial charge in [0.15, 0.2) is 0 Å². The lowest BCUT2D eigenvalue weighted by Gasteiger charge is -1.95. The van der Waals surface area contributed by atoms with E-state index in [1.54, 1.807) is 24.3 Å². The molecule has 0 aliphatic rings. The van der Waals surface area contributed by atoms with E-state index in [1.165, 1.54) is 4.88 Å². The number of carboxylic acids is 1. The van der Waals surface area contributed by atoms with Gasteiger partial charge >= 0.3 is 5.97 Å². The molecule has 0 saturated carbocycles. The van der Waals surface area contributed by atoms with Crippen LogP contribution >= 0.6 is 22.7 Å². The topological polar surface area (TPSA) is 83.0 Å². The van der Waals surface area contributed by atoms with Gasteiger partial charge in [0, 0.05) is 9.75 Å². The lowest BCUT2D eigenvalue weighted by atomic mass is 10.2. The van der Waals surface area contributed by atoms with E-state index in [9.17, 15) is 9.59 Å². The van der Waals surface area contributed by atoms with Crippen molar-refractivity contribution in [3.63, 3.8) is 0 Å². The van der Waals surface area contributed by atoms with E-state index < -0.39 is 5.97 Å². The van der Waals surface area contributed by atoms with Crippen LogP contribution in [0.2, 0.25) is 0 Å². The summed E-state index contributed by atoms with van der Waals surface area (Å²) in [4.78, 5) is 33.2. The summed E-state index contributed by atoms with van der Waals surface area (Å²) in [6.07, 6.45) is 3.60. The summed E-state index contributed by atoms with van der Waals surface area (Å²) in [6, 6.07) is 4.01. The molecule has 0 aliphatic heterocycles. The molecule has 0 atom stereocenters. The minimum atomic E-state index is -1.04. The molecule has 7 heteroatoms. The smallest absolute Gasteiger partial charge is 0.346 e. The Balaban J connectivity index is 2.07. The number of carbonyl (C=O) groups is 1. The molecule has 0 spiro atoms. The van der Waals surface area contributed by atoms with E-state index in [1.807, 2.05) is 25.1 Å². The number of aromatic amines is 1. The van der Waals surface area contributed by atoms with Crippen LogP contribution < -0.4 is 5.56 Å². The number of fused-ring (bicyclic) bond motifs is 1. The van der Waals surface area contributed by atoms with Crippen molar-refractivity contribution in [1.29, 1.82) is 0 Å². The predicted octanol–water partition coefficient (Wildman–Crippen LogP) is 3.53. The number of nitrogens with zero attached hydrogens (tertiary/aromatic N) is 1. The molecule has 112 valence electrons. The third-order valence-electron chi connectivity index (χ3n) is 3.18. The Morgan fingerprint density at radius 1 is 1.27 bits per heavy atom. The number of hydrogen-bond donors (Lipinski definition) is 2. The lowest BCUT2D eigenvalue weighted by molar-refractivity contribution is 0.0701. The fourth-order valence-corrected chi connectivity index (χ4v) is 3.96. The van der Waals surface area contributed by atoms with Crippen LogP contribution in [-0.2, 0) is 0 Å². The first-order valence-electron chi connectivity index (χ1n) is 6.47. The first-order valence-corrected chi connectivity index (χ1v) is 8.10. The number of hydrogen-bond acceptors (Lipinski definition) is 5. The van der Waals surface area contributed by atoms with Gasteiger partial charge < -0.3 is 10.1 Å². The van der Waals surface area contributed by atoms with Gasteiger partial charge in [0.05, 0.1) is 5.39 Å². The van der Waals surface area contributed by atoms with Crippen molar-refractivity contribution < 1.29 is 9.90 Å². The van der Waals surface area contributed by atoms with Gasteiger partial charge in [0.1, 0.15) is 15.5 Å². The van der Waals surface area contributed by atoms with Crippen LogP contribution in [0.3, 0.4) is 0 Å². The van der Waals surface area contributed by atoms with Crippen molar-refractivity contribution in [1.82, 2.24) is 9.97 Å². The van der Waals surface area contributed by atoms with E-state index in [0.717, 1.165) is 16.2 Å². The Morgan fingerprint density at radius 2 is 2.05 bits per heavy atom. The molecule has 2 N–H and O–H groups in total. The molecule has 0 bridgehead atoms. The molecular weight excluding hydrogens is 320 g/mol. The molecule has 22 heavy (non-hydrogen) atoms. The number of thiophene rings is 2. The molecule has 0 radical (unpaired) electrons. The number of aromatic carboxylic acids is 1. The maximum absolute atomic E-state index is 12.2. The third-order valence-corrected chi connectivity index (χ3v) is 5.32. The van der Waals surface area contributed by atoms with Gasteiger partial charge in [-0.1, -0.05) is 0 Å². The minimum absolute atomic E-state index is 0.156. The Hall–Kier alpha value is -2.25. The monoisotopic (exact) mass is 332 g/mol. The Bertz CT molecular complexity index is 963. The Labute approximate surface area is 133 Å². The fourth-order valence-electron chi connectivity index (χ4n) is 2.15. The van der Waals surface area contributed by atoms with Crippen LogP contribution in [0.1, 0.15) is 30.8 Å². The third kappa shape index (κ3) is 2.60. The van der Waals surface area contributed by atoms with E-state index in [4.69, 9.17) is 5.11 Å². The van der Waals surface area contributed by atoms with Gasteiger partial charge in [0.25, 0.3) is 5.56 Å². The van der Waals surface area contributed by atoms with Crippen molar-refractivity contribution in [3.8, 4) is 0 Å². The molecule has 0 unspecified atom stereocenters. The summed E-state index contributed by atoms with van der Waals surface area (Å²) in [5, 5.41) is 9.49. The zero-order valence-electron chi connectivity index (χ0n) is 11.8. The average Bonchev–Trinajstić information content (AvgIpc) is 3.01. The SMILES string of the molecule is Cc1ccc(/C=C/c2nc3sc(C(=O)O)c(C)c3c(=O)[nH]2)s1. The molecule has 0 fully saturated rings. The lowest BCUT2D eigenvalue weighted by Crippen LogP contribution is -2.09. The molecule has 3 aromatic heterocycles. The van der Waals surface area contributed by atoms with Crippen LogP contribution in [0.25, 0.3) is 22.4 Å². The molecule has 0 aliphatic carbocycles. The van der Waals surface area contributed by atoms with Crippen molar-refractivity contribution in [2.45, 2.75) is 13.8 Å². The Morgan fingerprint density at radius 3 is 2.68 bits per heavy atom. The Kier molecular flexibility index (Phi) is 3.67. The van der Waals surface area contributed by atoms with Crippen LogP contribution in [0.15, 0.2) is 16.9 Å². The molecular formula is C15H12N2O3S2. The molecule has 0 saturated heterocycles. The standard InChI is InChI=1S/C15H12N2O3S2/c1-7-3-4-9(21-7)5-6-10-16-13(18)11-8(2)12(15(19)20)22-14(11)17-10/h3-6H,1-2H3,(H,19,20)(H,16,17,18)/b6-5+. The zero-order chi connectivity index (χ0) is 15.9. The van der Waals surface area contributed by atoms with Crippen LogP contribution in [-0.4, -0.2) is 21.0 Å². The van der Waals surface area contributed by atoms with E-state index in [0.29, 0.717) is 21.6 Å². The fraction of sp³-hybridized carbons (Fsp3) is 0.133. The molecule has 3 rings (SSSR count). The summed E-state index contributed by atoms with van der Waals surface area (Å²) < 4.78 is 0. The van der Waals surface area contributed by atoms with Crippen molar-refractivity contribution in [2.75, 3.05) is 0 Å². The van der Waals surface area contributed by atoms with Crippen LogP contribution in [0.5, 0.6) is 0 Å². The van der Waals surface area contributed by atoms with Crippen molar-refractivity contribution in [3.05, 3.63) is 48.5 Å². The van der Waals surface area contributed by atoms with Crippen LogP contribution in [0.4, 0.5) is 0 Å². The molecule has 3 heterocycles. The number of carboxylic acid groups (broad SMARTS) is 1. The summed E-state index contributed by atoms with van der Waals surface area (Å²) >= 11 is 2.67. The predicted molar refractivity (Wildman–Crippen MR) is 89.9 cm³/mol. The zero-order valence-corrected chi connectivity index (χ0v) is 13.5. The number of aromatic nitrogens is 2. The van der Waals surface area contributed by atoms with Gasteiger partial charge in [0.2, 0.25) is 0 Å². The minimum Gasteiger partial charge on any atom is -0.477 e. The highest BCUT2D eigenvalue weighted by atomic mass is 32.1. The molecule has 0 aromatic carbocycles. The average molecular weight is 332 g/mol. The second-order valence-corrected chi connectivity index (χ2v) is 7.09.